The minimum atomic E-state index is 0.123. The molecule has 0 aliphatic rings. The number of nitrogens with two attached hydrogens (primary N) is 1. The van der Waals surface area contributed by atoms with Crippen LogP contribution in [0, 0.1) is 25.7 Å². The average molecular weight is 202 g/mol. The van der Waals surface area contributed by atoms with Crippen LogP contribution in [0.2, 0.25) is 0 Å². The Hall–Kier alpha value is -1.30. The van der Waals surface area contributed by atoms with Gasteiger partial charge in [0.25, 0.3) is 0 Å². The zero-order valence-electron chi connectivity index (χ0n) is 9.59. The molecule has 0 amide bonds. The van der Waals surface area contributed by atoms with Gasteiger partial charge < -0.3 is 0 Å². The molecule has 1 atom stereocenters. The number of nitrogens with one attached hydrogen (secondary N) is 1. The maximum atomic E-state index is 5.55. The summed E-state index contributed by atoms with van der Waals surface area (Å²) < 4.78 is 0. The Kier molecular flexibility index (Phi) is 4.36. The van der Waals surface area contributed by atoms with Crippen LogP contribution in [0.4, 0.5) is 0 Å². The fourth-order valence-electron chi connectivity index (χ4n) is 1.60. The van der Waals surface area contributed by atoms with Gasteiger partial charge in [-0.25, -0.2) is 0 Å². The standard InChI is InChI=1S/C13H18N2/c1-4-5-6-13(15-14)12-9-10(2)7-8-11(12)3/h7-9,13,15H,6,14H2,1-3H3. The summed E-state index contributed by atoms with van der Waals surface area (Å²) >= 11 is 0. The third-order valence-electron chi connectivity index (χ3n) is 2.49. The van der Waals surface area contributed by atoms with E-state index >= 15 is 0 Å². The lowest BCUT2D eigenvalue weighted by atomic mass is 9.97. The number of rotatable bonds is 3. The number of aryl methyl sites for hydroxylation is 2. The number of benzene rings is 1. The fraction of sp³-hybridized carbons (Fsp3) is 0.385. The van der Waals surface area contributed by atoms with Crippen LogP contribution in [0.15, 0.2) is 18.2 Å². The third-order valence-corrected chi connectivity index (χ3v) is 2.49. The van der Waals surface area contributed by atoms with Gasteiger partial charge in [-0.05, 0) is 31.9 Å². The van der Waals surface area contributed by atoms with Crippen molar-refractivity contribution in [3.05, 3.63) is 34.9 Å². The van der Waals surface area contributed by atoms with Gasteiger partial charge in [0, 0.05) is 6.42 Å². The first-order chi connectivity index (χ1) is 7.19. The normalized spacial score (nSPS) is 11.7. The summed E-state index contributed by atoms with van der Waals surface area (Å²) in [5.74, 6) is 11.5. The SMILES string of the molecule is CC#CCC(NN)c1cc(C)ccc1C. The molecule has 0 heterocycles. The van der Waals surface area contributed by atoms with E-state index in [1.54, 1.807) is 0 Å². The Balaban J connectivity index is 2.98. The molecule has 3 N–H and O–H groups in total. The predicted molar refractivity (Wildman–Crippen MR) is 64.0 cm³/mol. The molecule has 0 fully saturated rings. The van der Waals surface area contributed by atoms with Gasteiger partial charge in [-0.2, -0.15) is 0 Å². The highest BCUT2D eigenvalue weighted by Gasteiger charge is 2.10. The van der Waals surface area contributed by atoms with Gasteiger partial charge in [-0.1, -0.05) is 23.8 Å². The molecule has 0 radical (unpaired) electrons. The molecule has 0 aliphatic carbocycles. The third kappa shape index (κ3) is 3.09. The maximum Gasteiger partial charge on any atom is 0.0571 e. The molecule has 0 spiro atoms. The van der Waals surface area contributed by atoms with Crippen LogP contribution in [0.3, 0.4) is 0 Å². The predicted octanol–water partition coefficient (Wildman–Crippen LogP) is 2.22. The topological polar surface area (TPSA) is 38.0 Å². The summed E-state index contributed by atoms with van der Waals surface area (Å²) in [7, 11) is 0. The zero-order valence-corrected chi connectivity index (χ0v) is 9.59. The van der Waals surface area contributed by atoms with Crippen LogP contribution in [-0.4, -0.2) is 0 Å². The summed E-state index contributed by atoms with van der Waals surface area (Å²) in [5, 5.41) is 0. The van der Waals surface area contributed by atoms with Crippen molar-refractivity contribution < 1.29 is 0 Å². The van der Waals surface area contributed by atoms with Gasteiger partial charge in [0.1, 0.15) is 0 Å². The molecule has 2 heteroatoms. The van der Waals surface area contributed by atoms with Crippen LogP contribution in [0.5, 0.6) is 0 Å². The van der Waals surface area contributed by atoms with E-state index in [0.29, 0.717) is 0 Å². The summed E-state index contributed by atoms with van der Waals surface area (Å²) in [6, 6.07) is 6.51. The van der Waals surface area contributed by atoms with Crippen molar-refractivity contribution in [3.63, 3.8) is 0 Å². The smallest absolute Gasteiger partial charge is 0.0571 e. The molecule has 15 heavy (non-hydrogen) atoms. The van der Waals surface area contributed by atoms with Crippen LogP contribution < -0.4 is 11.3 Å². The van der Waals surface area contributed by atoms with Gasteiger partial charge in [-0.15, -0.1) is 11.8 Å². The Morgan fingerprint density at radius 3 is 2.73 bits per heavy atom. The van der Waals surface area contributed by atoms with Crippen LogP contribution >= 0.6 is 0 Å². The van der Waals surface area contributed by atoms with E-state index in [1.165, 1.54) is 16.7 Å². The Bertz CT molecular complexity index is 385. The second-order valence-electron chi connectivity index (χ2n) is 3.71. The number of hydrogen-bond donors (Lipinski definition) is 2. The highest BCUT2D eigenvalue weighted by Crippen LogP contribution is 2.20. The molecular weight excluding hydrogens is 184 g/mol. The lowest BCUT2D eigenvalue weighted by Gasteiger charge is -2.16. The molecular formula is C13H18N2. The van der Waals surface area contributed by atoms with E-state index < -0.39 is 0 Å². The van der Waals surface area contributed by atoms with Crippen molar-refractivity contribution in [2.24, 2.45) is 5.84 Å². The molecule has 0 aromatic heterocycles. The second-order valence-corrected chi connectivity index (χ2v) is 3.71. The van der Waals surface area contributed by atoms with Crippen LogP contribution in [-0.2, 0) is 0 Å². The highest BCUT2D eigenvalue weighted by atomic mass is 15.2. The van der Waals surface area contributed by atoms with Crippen molar-refractivity contribution >= 4 is 0 Å². The van der Waals surface area contributed by atoms with Crippen molar-refractivity contribution in [2.75, 3.05) is 0 Å². The summed E-state index contributed by atoms with van der Waals surface area (Å²) in [6.45, 7) is 6.02. The maximum absolute atomic E-state index is 5.55. The fourth-order valence-corrected chi connectivity index (χ4v) is 1.60. The van der Waals surface area contributed by atoms with Crippen molar-refractivity contribution in [1.29, 1.82) is 0 Å². The van der Waals surface area contributed by atoms with E-state index in [9.17, 15) is 0 Å². The average Bonchev–Trinajstić information content (AvgIpc) is 2.24. The first-order valence-electron chi connectivity index (χ1n) is 5.12. The summed E-state index contributed by atoms with van der Waals surface area (Å²) in [5.41, 5.74) is 6.56. The molecule has 1 aromatic carbocycles. The first-order valence-corrected chi connectivity index (χ1v) is 5.12. The van der Waals surface area contributed by atoms with Crippen molar-refractivity contribution in [3.8, 4) is 11.8 Å². The minimum absolute atomic E-state index is 0.123. The zero-order chi connectivity index (χ0) is 11.3. The summed E-state index contributed by atoms with van der Waals surface area (Å²) in [4.78, 5) is 0. The molecule has 1 rings (SSSR count). The molecule has 2 nitrogen and oxygen atoms in total. The van der Waals surface area contributed by atoms with Crippen LogP contribution in [0.25, 0.3) is 0 Å². The molecule has 0 saturated carbocycles. The molecule has 0 aliphatic heterocycles. The monoisotopic (exact) mass is 202 g/mol. The van der Waals surface area contributed by atoms with Crippen molar-refractivity contribution in [1.82, 2.24) is 5.43 Å². The van der Waals surface area contributed by atoms with Gasteiger partial charge in [-0.3, -0.25) is 11.3 Å². The van der Waals surface area contributed by atoms with E-state index in [4.69, 9.17) is 5.84 Å². The molecule has 0 saturated heterocycles. The minimum Gasteiger partial charge on any atom is -0.271 e. The van der Waals surface area contributed by atoms with E-state index in [0.717, 1.165) is 6.42 Å². The highest BCUT2D eigenvalue weighted by molar-refractivity contribution is 5.33. The Morgan fingerprint density at radius 2 is 2.13 bits per heavy atom. The summed E-state index contributed by atoms with van der Waals surface area (Å²) in [6.07, 6.45) is 0.747. The largest absolute Gasteiger partial charge is 0.271 e. The van der Waals surface area contributed by atoms with E-state index in [-0.39, 0.29) is 6.04 Å². The van der Waals surface area contributed by atoms with E-state index in [2.05, 4.69) is 49.3 Å². The van der Waals surface area contributed by atoms with Gasteiger partial charge in [0.2, 0.25) is 0 Å². The second kappa shape index (κ2) is 5.55. The quantitative estimate of drug-likeness (QED) is 0.448. The Labute approximate surface area is 91.8 Å². The Morgan fingerprint density at radius 1 is 1.40 bits per heavy atom. The molecule has 1 unspecified atom stereocenters. The lowest BCUT2D eigenvalue weighted by Crippen LogP contribution is -2.28. The first kappa shape index (κ1) is 11.8. The van der Waals surface area contributed by atoms with Gasteiger partial charge in [0.15, 0.2) is 0 Å². The molecule has 1 aromatic rings. The van der Waals surface area contributed by atoms with Gasteiger partial charge >= 0.3 is 0 Å². The van der Waals surface area contributed by atoms with E-state index in [1.807, 2.05) is 6.92 Å². The molecule has 80 valence electrons. The number of hydrazine groups is 1. The lowest BCUT2D eigenvalue weighted by molar-refractivity contribution is 0.565. The van der Waals surface area contributed by atoms with Crippen molar-refractivity contribution in [2.45, 2.75) is 33.2 Å². The van der Waals surface area contributed by atoms with Gasteiger partial charge in [0.05, 0.1) is 6.04 Å². The molecule has 0 bridgehead atoms. The van der Waals surface area contributed by atoms with Crippen LogP contribution in [0.1, 0.15) is 36.1 Å². The number of hydrogen-bond acceptors (Lipinski definition) is 2.